The number of nitrogens with zero attached hydrogens (tertiary/aromatic N) is 2. The number of rotatable bonds is 2. The molecule has 0 saturated carbocycles. The molecule has 2 nitrogen and oxygen atoms in total. The quantitative estimate of drug-likeness (QED) is 0.314. The molecule has 0 fully saturated rings. The first-order valence-electron chi connectivity index (χ1n) is 8.33. The van der Waals surface area contributed by atoms with Crippen LogP contribution < -0.4 is 0 Å². The van der Waals surface area contributed by atoms with Crippen LogP contribution >= 0.6 is 31.9 Å². The number of hydrogen-bond donors (Lipinski definition) is 0. The highest BCUT2D eigenvalue weighted by Crippen LogP contribution is 2.34. The maximum absolute atomic E-state index is 4.99. The number of hydrogen-bond acceptors (Lipinski definition) is 2. The third kappa shape index (κ3) is 3.19. The van der Waals surface area contributed by atoms with Crippen LogP contribution in [0, 0.1) is 13.8 Å². The van der Waals surface area contributed by atoms with Crippen LogP contribution in [0.2, 0.25) is 0 Å². The van der Waals surface area contributed by atoms with Gasteiger partial charge in [0.25, 0.3) is 0 Å². The molecule has 4 rings (SSSR count). The SMILES string of the molecule is Cc1cccc(C)c1-c1nc(-c2cccc(Br)c2)nc2ccc(Br)cc12. The van der Waals surface area contributed by atoms with Gasteiger partial charge in [-0.2, -0.15) is 0 Å². The summed E-state index contributed by atoms with van der Waals surface area (Å²) in [4.78, 5) is 9.81. The summed E-state index contributed by atoms with van der Waals surface area (Å²) in [6, 6.07) is 20.6. The van der Waals surface area contributed by atoms with Crippen LogP contribution in [0.25, 0.3) is 33.5 Å². The first-order chi connectivity index (χ1) is 12.5. The van der Waals surface area contributed by atoms with Gasteiger partial charge in [-0.05, 0) is 55.3 Å². The Bertz CT molecular complexity index is 1120. The van der Waals surface area contributed by atoms with Crippen molar-refractivity contribution in [1.82, 2.24) is 9.97 Å². The van der Waals surface area contributed by atoms with Crippen molar-refractivity contribution in [2.45, 2.75) is 13.8 Å². The van der Waals surface area contributed by atoms with Crippen LogP contribution in [0.3, 0.4) is 0 Å². The van der Waals surface area contributed by atoms with Gasteiger partial charge in [0, 0.05) is 25.5 Å². The summed E-state index contributed by atoms with van der Waals surface area (Å²) in [6.45, 7) is 4.26. The van der Waals surface area contributed by atoms with E-state index in [-0.39, 0.29) is 0 Å². The van der Waals surface area contributed by atoms with E-state index in [9.17, 15) is 0 Å². The van der Waals surface area contributed by atoms with Crippen LogP contribution in [0.4, 0.5) is 0 Å². The minimum Gasteiger partial charge on any atom is -0.228 e. The van der Waals surface area contributed by atoms with Crippen LogP contribution in [0.1, 0.15) is 11.1 Å². The summed E-state index contributed by atoms with van der Waals surface area (Å²) in [7, 11) is 0. The molecule has 0 aliphatic carbocycles. The molecule has 0 unspecified atom stereocenters. The third-order valence-electron chi connectivity index (χ3n) is 4.46. The van der Waals surface area contributed by atoms with E-state index in [4.69, 9.17) is 9.97 Å². The Morgan fingerprint density at radius 2 is 1.42 bits per heavy atom. The molecule has 26 heavy (non-hydrogen) atoms. The highest BCUT2D eigenvalue weighted by molar-refractivity contribution is 9.10. The van der Waals surface area contributed by atoms with Gasteiger partial charge in [-0.3, -0.25) is 0 Å². The molecule has 0 aliphatic rings. The van der Waals surface area contributed by atoms with Gasteiger partial charge in [0.1, 0.15) is 0 Å². The Morgan fingerprint density at radius 3 is 2.15 bits per heavy atom. The van der Waals surface area contributed by atoms with E-state index in [1.807, 2.05) is 30.3 Å². The first-order valence-corrected chi connectivity index (χ1v) is 9.91. The molecule has 0 N–H and O–H groups in total. The van der Waals surface area contributed by atoms with E-state index >= 15 is 0 Å². The van der Waals surface area contributed by atoms with E-state index in [1.165, 1.54) is 16.7 Å². The summed E-state index contributed by atoms with van der Waals surface area (Å²) in [5, 5.41) is 1.05. The van der Waals surface area contributed by atoms with Gasteiger partial charge < -0.3 is 0 Å². The summed E-state index contributed by atoms with van der Waals surface area (Å²) in [5.41, 5.74) is 6.51. The summed E-state index contributed by atoms with van der Waals surface area (Å²) in [5.74, 6) is 0.735. The van der Waals surface area contributed by atoms with Crippen LogP contribution in [-0.4, -0.2) is 9.97 Å². The lowest BCUT2D eigenvalue weighted by Crippen LogP contribution is -1.98. The Balaban J connectivity index is 2.08. The average molecular weight is 468 g/mol. The second-order valence-electron chi connectivity index (χ2n) is 6.33. The lowest BCUT2D eigenvalue weighted by molar-refractivity contribution is 1.21. The highest BCUT2D eigenvalue weighted by atomic mass is 79.9. The maximum atomic E-state index is 4.99. The maximum Gasteiger partial charge on any atom is 0.160 e. The summed E-state index contributed by atoms with van der Waals surface area (Å²) >= 11 is 7.13. The second kappa shape index (κ2) is 6.93. The fraction of sp³-hybridized carbons (Fsp3) is 0.0909. The molecule has 1 aromatic heterocycles. The molecule has 0 saturated heterocycles. The zero-order valence-electron chi connectivity index (χ0n) is 14.4. The minimum atomic E-state index is 0.735. The zero-order valence-corrected chi connectivity index (χ0v) is 17.6. The number of fused-ring (bicyclic) bond motifs is 1. The van der Waals surface area contributed by atoms with Crippen molar-refractivity contribution in [1.29, 1.82) is 0 Å². The Hall–Kier alpha value is -2.04. The lowest BCUT2D eigenvalue weighted by Gasteiger charge is -2.14. The fourth-order valence-electron chi connectivity index (χ4n) is 3.24. The smallest absolute Gasteiger partial charge is 0.160 e. The molecule has 0 spiro atoms. The van der Waals surface area contributed by atoms with Crippen molar-refractivity contribution in [2.75, 3.05) is 0 Å². The molecule has 4 heteroatoms. The molecule has 128 valence electrons. The molecule has 0 amide bonds. The van der Waals surface area contributed by atoms with E-state index in [0.29, 0.717) is 0 Å². The third-order valence-corrected chi connectivity index (χ3v) is 5.45. The van der Waals surface area contributed by atoms with Gasteiger partial charge in [0.2, 0.25) is 0 Å². The van der Waals surface area contributed by atoms with Gasteiger partial charge in [0.05, 0.1) is 11.2 Å². The zero-order chi connectivity index (χ0) is 18.3. The Morgan fingerprint density at radius 1 is 0.731 bits per heavy atom. The van der Waals surface area contributed by atoms with Gasteiger partial charge in [0.15, 0.2) is 5.82 Å². The van der Waals surface area contributed by atoms with Crippen molar-refractivity contribution >= 4 is 42.8 Å². The van der Waals surface area contributed by atoms with E-state index in [1.54, 1.807) is 0 Å². The average Bonchev–Trinajstić information content (AvgIpc) is 2.61. The van der Waals surface area contributed by atoms with Gasteiger partial charge in [-0.1, -0.05) is 62.2 Å². The molecule has 0 aliphatic heterocycles. The molecule has 1 heterocycles. The van der Waals surface area contributed by atoms with Gasteiger partial charge in [-0.25, -0.2) is 9.97 Å². The summed E-state index contributed by atoms with van der Waals surface area (Å²) < 4.78 is 2.04. The minimum absolute atomic E-state index is 0.735. The van der Waals surface area contributed by atoms with Crippen molar-refractivity contribution < 1.29 is 0 Å². The van der Waals surface area contributed by atoms with Crippen molar-refractivity contribution in [2.24, 2.45) is 0 Å². The predicted molar refractivity (Wildman–Crippen MR) is 115 cm³/mol. The molecule has 4 aromatic rings. The molecule has 0 atom stereocenters. The van der Waals surface area contributed by atoms with Crippen molar-refractivity contribution in [3.05, 3.63) is 80.7 Å². The van der Waals surface area contributed by atoms with E-state index < -0.39 is 0 Å². The molecule has 0 radical (unpaired) electrons. The standard InChI is InChI=1S/C22H16Br2N2/c1-13-5-3-6-14(2)20(13)21-18-12-17(24)9-10-19(18)25-22(26-21)15-7-4-8-16(23)11-15/h3-12H,1-2H3. The number of aromatic nitrogens is 2. The predicted octanol–water partition coefficient (Wildman–Crippen LogP) is 7.11. The topological polar surface area (TPSA) is 25.8 Å². The largest absolute Gasteiger partial charge is 0.228 e. The fourth-order valence-corrected chi connectivity index (χ4v) is 4.00. The number of aryl methyl sites for hydroxylation is 2. The van der Waals surface area contributed by atoms with Gasteiger partial charge in [-0.15, -0.1) is 0 Å². The van der Waals surface area contributed by atoms with E-state index in [2.05, 4.69) is 76.0 Å². The monoisotopic (exact) mass is 466 g/mol. The van der Waals surface area contributed by atoms with Crippen LogP contribution in [-0.2, 0) is 0 Å². The normalized spacial score (nSPS) is 11.1. The molecular formula is C22H16Br2N2. The number of halogens is 2. The molecule has 0 bridgehead atoms. The Labute approximate surface area is 169 Å². The molecular weight excluding hydrogens is 452 g/mol. The Kier molecular flexibility index (Phi) is 4.63. The second-order valence-corrected chi connectivity index (χ2v) is 8.17. The lowest BCUT2D eigenvalue weighted by atomic mass is 9.97. The van der Waals surface area contributed by atoms with Gasteiger partial charge >= 0.3 is 0 Å². The first kappa shape index (κ1) is 17.4. The highest BCUT2D eigenvalue weighted by Gasteiger charge is 2.15. The van der Waals surface area contributed by atoms with Crippen LogP contribution in [0.5, 0.6) is 0 Å². The van der Waals surface area contributed by atoms with Crippen molar-refractivity contribution in [3.63, 3.8) is 0 Å². The summed E-state index contributed by atoms with van der Waals surface area (Å²) in [6.07, 6.45) is 0. The van der Waals surface area contributed by atoms with Crippen LogP contribution in [0.15, 0.2) is 69.6 Å². The van der Waals surface area contributed by atoms with Crippen molar-refractivity contribution in [3.8, 4) is 22.6 Å². The van der Waals surface area contributed by atoms with E-state index in [0.717, 1.165) is 36.9 Å². The molecule has 3 aromatic carbocycles. The number of benzene rings is 3.